The van der Waals surface area contributed by atoms with Gasteiger partial charge in [-0.15, -0.1) is 0 Å². The van der Waals surface area contributed by atoms with Crippen LogP contribution in [0, 0.1) is 0 Å². The summed E-state index contributed by atoms with van der Waals surface area (Å²) in [6.07, 6.45) is -0.703. The number of rotatable bonds is 5. The molecule has 2 unspecified atom stereocenters. The molecule has 5 heteroatoms. The van der Waals surface area contributed by atoms with Gasteiger partial charge in [0, 0.05) is 6.92 Å². The summed E-state index contributed by atoms with van der Waals surface area (Å²) in [5, 5.41) is 0. The van der Waals surface area contributed by atoms with Crippen molar-refractivity contribution < 1.29 is 19.1 Å². The molecule has 1 aromatic carbocycles. The normalized spacial score (nSPS) is 13.5. The van der Waals surface area contributed by atoms with E-state index in [0.29, 0.717) is 0 Å². The number of benzene rings is 1. The van der Waals surface area contributed by atoms with Gasteiger partial charge in [0.15, 0.2) is 0 Å². The Kier molecular flexibility index (Phi) is 5.32. The minimum atomic E-state index is -0.974. The number of carbonyl (C=O) groups is 2. The third kappa shape index (κ3) is 4.55. The molecular weight excluding hydrogens is 234 g/mol. The Morgan fingerprint density at radius 2 is 1.89 bits per heavy atom. The molecule has 0 aromatic heterocycles. The number of hydrogen-bond acceptors (Lipinski definition) is 5. The van der Waals surface area contributed by atoms with Crippen LogP contribution in [0.4, 0.5) is 0 Å². The minimum absolute atomic E-state index is 0.153. The van der Waals surface area contributed by atoms with Gasteiger partial charge in [0.25, 0.3) is 0 Å². The summed E-state index contributed by atoms with van der Waals surface area (Å²) in [6.45, 7) is 2.97. The van der Waals surface area contributed by atoms with Crippen molar-refractivity contribution in [2.24, 2.45) is 5.73 Å². The Labute approximate surface area is 106 Å². The second kappa shape index (κ2) is 6.76. The summed E-state index contributed by atoms with van der Waals surface area (Å²) in [7, 11) is 0. The minimum Gasteiger partial charge on any atom is -0.461 e. The Morgan fingerprint density at radius 3 is 2.44 bits per heavy atom. The van der Waals surface area contributed by atoms with Crippen molar-refractivity contribution in [1.82, 2.24) is 0 Å². The fraction of sp³-hybridized carbons (Fsp3) is 0.385. The third-order valence-electron chi connectivity index (χ3n) is 2.35. The fourth-order valence-electron chi connectivity index (χ4n) is 1.35. The fourth-order valence-corrected chi connectivity index (χ4v) is 1.35. The van der Waals surface area contributed by atoms with Gasteiger partial charge in [-0.3, -0.25) is 9.59 Å². The highest BCUT2D eigenvalue weighted by atomic mass is 16.6. The summed E-state index contributed by atoms with van der Waals surface area (Å²) in [6, 6.07) is 8.29. The molecular formula is C13H17NO4. The maximum absolute atomic E-state index is 11.6. The van der Waals surface area contributed by atoms with Gasteiger partial charge in [0.2, 0.25) is 0 Å². The standard InChI is InChI=1S/C13H17NO4/c1-9(18-10(2)15)12(14)13(16)17-8-11-6-4-3-5-7-11/h3-7,9,12H,8,14H2,1-2H3. The Hall–Kier alpha value is -1.88. The van der Waals surface area contributed by atoms with Crippen molar-refractivity contribution in [2.45, 2.75) is 32.6 Å². The van der Waals surface area contributed by atoms with Crippen LogP contribution in [0.2, 0.25) is 0 Å². The van der Waals surface area contributed by atoms with E-state index in [9.17, 15) is 9.59 Å². The molecule has 0 aliphatic heterocycles. The predicted octanol–water partition coefficient (Wildman–Crippen LogP) is 1.01. The van der Waals surface area contributed by atoms with E-state index >= 15 is 0 Å². The molecule has 0 heterocycles. The van der Waals surface area contributed by atoms with Crippen LogP contribution >= 0.6 is 0 Å². The van der Waals surface area contributed by atoms with Crippen LogP contribution in [0.5, 0.6) is 0 Å². The highest BCUT2D eigenvalue weighted by molar-refractivity contribution is 5.77. The molecule has 98 valence electrons. The van der Waals surface area contributed by atoms with Crippen molar-refractivity contribution in [3.05, 3.63) is 35.9 Å². The molecule has 0 fully saturated rings. The maximum Gasteiger partial charge on any atom is 0.327 e. The smallest absolute Gasteiger partial charge is 0.327 e. The van der Waals surface area contributed by atoms with Crippen molar-refractivity contribution >= 4 is 11.9 Å². The van der Waals surface area contributed by atoms with Crippen LogP contribution in [-0.4, -0.2) is 24.1 Å². The summed E-state index contributed by atoms with van der Waals surface area (Å²) in [5.41, 5.74) is 6.49. The van der Waals surface area contributed by atoms with E-state index < -0.39 is 24.1 Å². The number of nitrogens with two attached hydrogens (primary N) is 1. The molecule has 0 saturated heterocycles. The SMILES string of the molecule is CC(=O)OC(C)C(N)C(=O)OCc1ccccc1. The van der Waals surface area contributed by atoms with Gasteiger partial charge in [-0.2, -0.15) is 0 Å². The molecule has 0 amide bonds. The van der Waals surface area contributed by atoms with Crippen LogP contribution in [0.1, 0.15) is 19.4 Å². The lowest BCUT2D eigenvalue weighted by Gasteiger charge is -2.18. The van der Waals surface area contributed by atoms with E-state index in [4.69, 9.17) is 15.2 Å². The number of hydrogen-bond donors (Lipinski definition) is 1. The average molecular weight is 251 g/mol. The highest BCUT2D eigenvalue weighted by Gasteiger charge is 2.24. The van der Waals surface area contributed by atoms with Crippen molar-refractivity contribution in [2.75, 3.05) is 0 Å². The lowest BCUT2D eigenvalue weighted by atomic mass is 10.2. The van der Waals surface area contributed by atoms with Crippen molar-refractivity contribution in [1.29, 1.82) is 0 Å². The van der Waals surface area contributed by atoms with Gasteiger partial charge in [-0.05, 0) is 12.5 Å². The molecule has 2 atom stereocenters. The Balaban J connectivity index is 2.43. The first kappa shape index (κ1) is 14.2. The third-order valence-corrected chi connectivity index (χ3v) is 2.35. The first-order valence-electron chi connectivity index (χ1n) is 5.64. The quantitative estimate of drug-likeness (QED) is 0.790. The molecule has 2 N–H and O–H groups in total. The monoisotopic (exact) mass is 251 g/mol. The predicted molar refractivity (Wildman–Crippen MR) is 65.4 cm³/mol. The number of ether oxygens (including phenoxy) is 2. The van der Waals surface area contributed by atoms with Crippen molar-refractivity contribution in [3.63, 3.8) is 0 Å². The van der Waals surface area contributed by atoms with E-state index in [0.717, 1.165) is 5.56 Å². The lowest BCUT2D eigenvalue weighted by Crippen LogP contribution is -2.43. The van der Waals surface area contributed by atoms with Gasteiger partial charge in [0.05, 0.1) is 0 Å². The van der Waals surface area contributed by atoms with E-state index in [1.807, 2.05) is 30.3 Å². The summed E-state index contributed by atoms with van der Waals surface area (Å²) < 4.78 is 9.86. The van der Waals surface area contributed by atoms with E-state index in [1.165, 1.54) is 6.92 Å². The van der Waals surface area contributed by atoms with Crippen LogP contribution in [0.25, 0.3) is 0 Å². The Morgan fingerprint density at radius 1 is 1.28 bits per heavy atom. The first-order valence-corrected chi connectivity index (χ1v) is 5.64. The maximum atomic E-state index is 11.6. The molecule has 18 heavy (non-hydrogen) atoms. The number of carbonyl (C=O) groups excluding carboxylic acids is 2. The summed E-state index contributed by atoms with van der Waals surface area (Å²) in [4.78, 5) is 22.3. The van der Waals surface area contributed by atoms with Crippen LogP contribution < -0.4 is 5.73 Å². The van der Waals surface area contributed by atoms with Crippen LogP contribution in [0.15, 0.2) is 30.3 Å². The van der Waals surface area contributed by atoms with E-state index in [2.05, 4.69) is 0 Å². The zero-order valence-electron chi connectivity index (χ0n) is 10.5. The van der Waals surface area contributed by atoms with Gasteiger partial charge in [-0.25, -0.2) is 0 Å². The van der Waals surface area contributed by atoms with E-state index in [1.54, 1.807) is 6.92 Å². The molecule has 1 rings (SSSR count). The molecule has 0 bridgehead atoms. The largest absolute Gasteiger partial charge is 0.461 e. The molecule has 1 aromatic rings. The molecule has 0 aliphatic carbocycles. The average Bonchev–Trinajstić information content (AvgIpc) is 2.35. The van der Waals surface area contributed by atoms with Gasteiger partial charge >= 0.3 is 11.9 Å². The van der Waals surface area contributed by atoms with Gasteiger partial charge in [-0.1, -0.05) is 30.3 Å². The molecule has 5 nitrogen and oxygen atoms in total. The molecule has 0 radical (unpaired) electrons. The molecule has 0 spiro atoms. The van der Waals surface area contributed by atoms with Gasteiger partial charge in [0.1, 0.15) is 18.8 Å². The number of esters is 2. The molecule has 0 saturated carbocycles. The second-order valence-electron chi connectivity index (χ2n) is 3.93. The van der Waals surface area contributed by atoms with Crippen LogP contribution in [-0.2, 0) is 25.7 Å². The molecule has 0 aliphatic rings. The highest BCUT2D eigenvalue weighted by Crippen LogP contribution is 2.04. The zero-order chi connectivity index (χ0) is 13.5. The van der Waals surface area contributed by atoms with Crippen LogP contribution in [0.3, 0.4) is 0 Å². The summed E-state index contributed by atoms with van der Waals surface area (Å²) in [5.74, 6) is -1.07. The topological polar surface area (TPSA) is 78.6 Å². The Bertz CT molecular complexity index is 405. The zero-order valence-corrected chi connectivity index (χ0v) is 10.5. The second-order valence-corrected chi connectivity index (χ2v) is 3.93. The van der Waals surface area contributed by atoms with Crippen molar-refractivity contribution in [3.8, 4) is 0 Å². The lowest BCUT2D eigenvalue weighted by molar-refractivity contribution is -0.155. The van der Waals surface area contributed by atoms with E-state index in [-0.39, 0.29) is 6.61 Å². The van der Waals surface area contributed by atoms with Gasteiger partial charge < -0.3 is 15.2 Å². The first-order chi connectivity index (χ1) is 8.50. The summed E-state index contributed by atoms with van der Waals surface area (Å²) >= 11 is 0.